The number of carbonyl (C=O) groups is 2. The summed E-state index contributed by atoms with van der Waals surface area (Å²) in [5.41, 5.74) is 0.964. The van der Waals surface area contributed by atoms with Crippen molar-refractivity contribution in [3.05, 3.63) is 48.0 Å². The van der Waals surface area contributed by atoms with Crippen molar-refractivity contribution >= 4 is 17.7 Å². The highest BCUT2D eigenvalue weighted by molar-refractivity contribution is 6.08. The highest BCUT2D eigenvalue weighted by Crippen LogP contribution is 2.40. The molecule has 4 rings (SSSR count). The van der Waals surface area contributed by atoms with Crippen LogP contribution in [0.15, 0.2) is 47.5 Å². The maximum atomic E-state index is 13.4. The number of carboxylic acids is 1. The van der Waals surface area contributed by atoms with Crippen molar-refractivity contribution in [2.24, 2.45) is 4.99 Å². The SMILES string of the molecule is CCCCC1=NC2(CCCC2)C(=O)N1Cc1ccc(-c2ccc(OC)c(OC(C)(C)C(=O)O)c2)cc1. The van der Waals surface area contributed by atoms with E-state index in [1.54, 1.807) is 12.1 Å². The Kier molecular flexibility index (Phi) is 7.38. The number of unbranched alkanes of at least 4 members (excludes halogenated alkanes) is 1. The molecule has 0 unspecified atom stereocenters. The molecule has 1 heterocycles. The van der Waals surface area contributed by atoms with Gasteiger partial charge < -0.3 is 14.6 Å². The molecule has 192 valence electrons. The van der Waals surface area contributed by atoms with Gasteiger partial charge in [0.05, 0.1) is 13.7 Å². The minimum atomic E-state index is -1.40. The first-order valence-electron chi connectivity index (χ1n) is 12.8. The van der Waals surface area contributed by atoms with Crippen LogP contribution in [0.25, 0.3) is 11.1 Å². The first-order valence-corrected chi connectivity index (χ1v) is 12.8. The molecule has 1 saturated carbocycles. The molecular formula is C29H36N2O5. The average Bonchev–Trinajstić information content (AvgIpc) is 3.43. The van der Waals surface area contributed by atoms with Crippen molar-refractivity contribution in [2.75, 3.05) is 7.11 Å². The summed E-state index contributed by atoms with van der Waals surface area (Å²) < 4.78 is 11.2. The quantitative estimate of drug-likeness (QED) is 0.450. The van der Waals surface area contributed by atoms with Crippen LogP contribution in [-0.2, 0) is 16.1 Å². The molecule has 1 spiro atoms. The van der Waals surface area contributed by atoms with Gasteiger partial charge in [0.25, 0.3) is 5.91 Å². The molecule has 1 N–H and O–H groups in total. The van der Waals surface area contributed by atoms with Gasteiger partial charge in [0.15, 0.2) is 17.1 Å². The van der Waals surface area contributed by atoms with Crippen LogP contribution in [0.2, 0.25) is 0 Å². The maximum absolute atomic E-state index is 13.4. The van der Waals surface area contributed by atoms with E-state index in [4.69, 9.17) is 14.5 Å². The molecule has 7 heteroatoms. The van der Waals surface area contributed by atoms with E-state index >= 15 is 0 Å². The van der Waals surface area contributed by atoms with Gasteiger partial charge in [0.1, 0.15) is 11.4 Å². The number of nitrogens with zero attached hydrogens (tertiary/aromatic N) is 2. The predicted molar refractivity (Wildman–Crippen MR) is 139 cm³/mol. The van der Waals surface area contributed by atoms with Crippen LogP contribution in [-0.4, -0.2) is 46.0 Å². The maximum Gasteiger partial charge on any atom is 0.347 e. The summed E-state index contributed by atoms with van der Waals surface area (Å²) in [6.45, 7) is 5.69. The molecule has 2 aromatic carbocycles. The zero-order chi connectivity index (χ0) is 25.9. The number of carboxylic acid groups (broad SMARTS) is 1. The van der Waals surface area contributed by atoms with E-state index in [-0.39, 0.29) is 5.91 Å². The number of hydrogen-bond acceptors (Lipinski definition) is 5. The number of carbonyl (C=O) groups excluding carboxylic acids is 1. The van der Waals surface area contributed by atoms with E-state index in [0.29, 0.717) is 18.0 Å². The monoisotopic (exact) mass is 492 g/mol. The zero-order valence-corrected chi connectivity index (χ0v) is 21.7. The normalized spacial score (nSPS) is 16.9. The third-order valence-electron chi connectivity index (χ3n) is 7.15. The first-order chi connectivity index (χ1) is 17.2. The lowest BCUT2D eigenvalue weighted by Gasteiger charge is -2.23. The van der Waals surface area contributed by atoms with Gasteiger partial charge in [-0.1, -0.05) is 56.5 Å². The fourth-order valence-electron chi connectivity index (χ4n) is 4.94. The molecule has 1 fully saturated rings. The lowest BCUT2D eigenvalue weighted by Crippen LogP contribution is -2.40. The second-order valence-electron chi connectivity index (χ2n) is 10.2. The van der Waals surface area contributed by atoms with E-state index in [1.807, 2.05) is 35.2 Å². The van der Waals surface area contributed by atoms with Gasteiger partial charge in [0, 0.05) is 6.42 Å². The molecule has 36 heavy (non-hydrogen) atoms. The standard InChI is InChI=1S/C29H36N2O5/c1-5-6-9-25-30-29(16-7-8-17-29)26(32)31(25)19-20-10-12-21(13-11-20)22-14-15-23(35-4)24(18-22)36-28(2,3)27(33)34/h10-15,18H,5-9,16-17,19H2,1-4H3,(H,33,34). The van der Waals surface area contributed by atoms with Gasteiger partial charge in [-0.15, -0.1) is 0 Å². The molecular weight excluding hydrogens is 456 g/mol. The molecule has 1 aliphatic heterocycles. The summed E-state index contributed by atoms with van der Waals surface area (Å²) in [6, 6.07) is 13.6. The summed E-state index contributed by atoms with van der Waals surface area (Å²) >= 11 is 0. The number of aliphatic imine (C=N–C) groups is 1. The van der Waals surface area contributed by atoms with E-state index in [9.17, 15) is 14.7 Å². The lowest BCUT2D eigenvalue weighted by molar-refractivity contribution is -0.152. The Hall–Kier alpha value is -3.35. The summed E-state index contributed by atoms with van der Waals surface area (Å²) in [7, 11) is 1.53. The molecule has 1 amide bonds. The van der Waals surface area contributed by atoms with E-state index < -0.39 is 17.1 Å². The fraction of sp³-hybridized carbons (Fsp3) is 0.483. The number of amides is 1. The Morgan fingerprint density at radius 3 is 2.36 bits per heavy atom. The minimum absolute atomic E-state index is 0.160. The topological polar surface area (TPSA) is 88.4 Å². The minimum Gasteiger partial charge on any atom is -0.493 e. The largest absolute Gasteiger partial charge is 0.493 e. The van der Waals surface area contributed by atoms with E-state index in [2.05, 4.69) is 6.92 Å². The van der Waals surface area contributed by atoms with Crippen molar-refractivity contribution < 1.29 is 24.2 Å². The molecule has 0 saturated heterocycles. The average molecular weight is 493 g/mol. The highest BCUT2D eigenvalue weighted by Gasteiger charge is 2.49. The number of ether oxygens (including phenoxy) is 2. The third kappa shape index (κ3) is 5.11. The highest BCUT2D eigenvalue weighted by atomic mass is 16.5. The molecule has 0 radical (unpaired) electrons. The van der Waals surface area contributed by atoms with Gasteiger partial charge in [-0.2, -0.15) is 0 Å². The number of methoxy groups -OCH3 is 1. The lowest BCUT2D eigenvalue weighted by atomic mass is 9.98. The molecule has 7 nitrogen and oxygen atoms in total. The molecule has 0 aromatic heterocycles. The molecule has 2 aromatic rings. The van der Waals surface area contributed by atoms with Crippen LogP contribution >= 0.6 is 0 Å². The Balaban J connectivity index is 1.54. The zero-order valence-electron chi connectivity index (χ0n) is 21.7. The Morgan fingerprint density at radius 2 is 1.75 bits per heavy atom. The van der Waals surface area contributed by atoms with Crippen molar-refractivity contribution in [1.82, 2.24) is 4.90 Å². The van der Waals surface area contributed by atoms with Crippen LogP contribution in [0.1, 0.15) is 71.3 Å². The van der Waals surface area contributed by atoms with Crippen molar-refractivity contribution in [1.29, 1.82) is 0 Å². The Bertz CT molecular complexity index is 1150. The Labute approximate surface area is 213 Å². The number of aliphatic carboxylic acids is 1. The summed E-state index contributed by atoms with van der Waals surface area (Å²) in [5, 5.41) is 9.45. The van der Waals surface area contributed by atoms with Crippen molar-refractivity contribution in [2.45, 2.75) is 83.4 Å². The molecule has 1 aliphatic carbocycles. The van der Waals surface area contributed by atoms with Gasteiger partial charge in [0.2, 0.25) is 0 Å². The van der Waals surface area contributed by atoms with Crippen molar-refractivity contribution in [3.8, 4) is 22.6 Å². The molecule has 0 bridgehead atoms. The van der Waals surface area contributed by atoms with E-state index in [0.717, 1.165) is 67.5 Å². The number of hydrogen-bond donors (Lipinski definition) is 1. The summed E-state index contributed by atoms with van der Waals surface area (Å²) in [6.07, 6.45) is 6.78. The smallest absolute Gasteiger partial charge is 0.347 e. The van der Waals surface area contributed by atoms with E-state index in [1.165, 1.54) is 21.0 Å². The van der Waals surface area contributed by atoms with Crippen LogP contribution < -0.4 is 9.47 Å². The fourth-order valence-corrected chi connectivity index (χ4v) is 4.94. The molecule has 2 aliphatic rings. The van der Waals surface area contributed by atoms with Crippen LogP contribution in [0.5, 0.6) is 11.5 Å². The molecule has 0 atom stereocenters. The van der Waals surface area contributed by atoms with Gasteiger partial charge in [-0.25, -0.2) is 4.79 Å². The van der Waals surface area contributed by atoms with Crippen LogP contribution in [0.4, 0.5) is 0 Å². The number of rotatable bonds is 10. The summed E-state index contributed by atoms with van der Waals surface area (Å²) in [4.78, 5) is 31.8. The second-order valence-corrected chi connectivity index (χ2v) is 10.2. The second kappa shape index (κ2) is 10.3. The first kappa shape index (κ1) is 25.7. The number of amidine groups is 1. The number of benzene rings is 2. The third-order valence-corrected chi connectivity index (χ3v) is 7.15. The predicted octanol–water partition coefficient (Wildman–Crippen LogP) is 5.85. The van der Waals surface area contributed by atoms with Crippen molar-refractivity contribution in [3.63, 3.8) is 0 Å². The van der Waals surface area contributed by atoms with Crippen LogP contribution in [0, 0.1) is 0 Å². The van der Waals surface area contributed by atoms with Gasteiger partial charge >= 0.3 is 5.97 Å². The van der Waals surface area contributed by atoms with Gasteiger partial charge in [-0.3, -0.25) is 14.7 Å². The summed E-state index contributed by atoms with van der Waals surface area (Å²) in [5.74, 6) is 0.876. The van der Waals surface area contributed by atoms with Crippen LogP contribution in [0.3, 0.4) is 0 Å². The Morgan fingerprint density at radius 1 is 1.08 bits per heavy atom. The van der Waals surface area contributed by atoms with Gasteiger partial charge in [-0.05, 0) is 61.9 Å².